The first-order chi connectivity index (χ1) is 9.19. The Balaban J connectivity index is 2.60. The van der Waals surface area contributed by atoms with Gasteiger partial charge in [-0.05, 0) is 24.3 Å². The first-order valence-electron chi connectivity index (χ1n) is 5.55. The van der Waals surface area contributed by atoms with Gasteiger partial charge in [-0.3, -0.25) is 9.78 Å². The summed E-state index contributed by atoms with van der Waals surface area (Å²) in [4.78, 5) is 16.5. The maximum atomic E-state index is 12.5. The van der Waals surface area contributed by atoms with E-state index in [0.29, 0.717) is 16.5 Å². The monoisotopic (exact) mass is 277 g/mol. The van der Waals surface area contributed by atoms with E-state index in [1.807, 2.05) is 0 Å². The van der Waals surface area contributed by atoms with E-state index >= 15 is 0 Å². The number of benzene rings is 1. The van der Waals surface area contributed by atoms with Gasteiger partial charge < -0.3 is 9.47 Å². The average molecular weight is 278 g/mol. The molecule has 98 valence electrons. The predicted molar refractivity (Wildman–Crippen MR) is 72.2 cm³/mol. The molecule has 0 aliphatic heterocycles. The fourth-order valence-corrected chi connectivity index (χ4v) is 1.98. The van der Waals surface area contributed by atoms with Crippen LogP contribution >= 0.6 is 11.6 Å². The van der Waals surface area contributed by atoms with E-state index in [0.717, 1.165) is 0 Å². The Labute approximate surface area is 115 Å². The lowest BCUT2D eigenvalue weighted by atomic mass is 10.1. The Morgan fingerprint density at radius 3 is 2.53 bits per heavy atom. The first-order valence-corrected chi connectivity index (χ1v) is 5.93. The van der Waals surface area contributed by atoms with E-state index in [1.54, 1.807) is 36.5 Å². The summed E-state index contributed by atoms with van der Waals surface area (Å²) in [5.41, 5.74) is 0.581. The van der Waals surface area contributed by atoms with Crippen molar-refractivity contribution in [2.45, 2.75) is 0 Å². The number of carbonyl (C=O) groups is 1. The van der Waals surface area contributed by atoms with Crippen molar-refractivity contribution in [1.82, 2.24) is 4.98 Å². The number of hydrogen-bond acceptors (Lipinski definition) is 4. The number of ether oxygens (including phenoxy) is 2. The molecule has 0 atom stereocenters. The Bertz CT molecular complexity index is 599. The molecule has 5 heteroatoms. The number of hydrogen-bond donors (Lipinski definition) is 0. The molecule has 0 unspecified atom stereocenters. The summed E-state index contributed by atoms with van der Waals surface area (Å²) in [7, 11) is 2.94. The number of carbonyl (C=O) groups excluding carboxylic acids is 1. The van der Waals surface area contributed by atoms with Crippen LogP contribution in [0.4, 0.5) is 0 Å². The molecule has 0 spiro atoms. The molecule has 0 radical (unpaired) electrons. The number of halogens is 1. The van der Waals surface area contributed by atoms with E-state index in [2.05, 4.69) is 4.98 Å². The lowest BCUT2D eigenvalue weighted by molar-refractivity contribution is 0.102. The van der Waals surface area contributed by atoms with Gasteiger partial charge in [0.15, 0.2) is 5.75 Å². The summed E-state index contributed by atoms with van der Waals surface area (Å²) >= 11 is 6.04. The van der Waals surface area contributed by atoms with Crippen LogP contribution in [-0.4, -0.2) is 25.0 Å². The zero-order valence-electron chi connectivity index (χ0n) is 10.5. The molecule has 0 saturated heterocycles. The molecule has 4 nitrogen and oxygen atoms in total. The summed E-state index contributed by atoms with van der Waals surface area (Å²) in [6, 6.07) is 8.35. The minimum Gasteiger partial charge on any atom is -0.496 e. The smallest absolute Gasteiger partial charge is 0.218 e. The molecule has 0 aliphatic carbocycles. The Hall–Kier alpha value is -2.07. The molecule has 0 aliphatic rings. The average Bonchev–Trinajstić information content (AvgIpc) is 2.47. The maximum Gasteiger partial charge on any atom is 0.218 e. The van der Waals surface area contributed by atoms with Crippen LogP contribution < -0.4 is 9.47 Å². The topological polar surface area (TPSA) is 48.4 Å². The van der Waals surface area contributed by atoms with Gasteiger partial charge >= 0.3 is 0 Å². The Kier molecular flexibility index (Phi) is 4.02. The predicted octanol–water partition coefficient (Wildman–Crippen LogP) is 2.98. The van der Waals surface area contributed by atoms with Crippen LogP contribution in [-0.2, 0) is 0 Å². The number of methoxy groups -OCH3 is 2. The second-order valence-electron chi connectivity index (χ2n) is 3.70. The van der Waals surface area contributed by atoms with Crippen molar-refractivity contribution < 1.29 is 14.3 Å². The van der Waals surface area contributed by atoms with Gasteiger partial charge in [-0.15, -0.1) is 0 Å². The Morgan fingerprint density at radius 2 is 1.95 bits per heavy atom. The SMILES string of the molecule is COc1ccc(Cl)c(OC)c1C(=O)c1ccccn1. The standard InChI is InChI=1S/C14H12ClNO3/c1-18-11-7-6-9(15)14(19-2)12(11)13(17)10-5-3-4-8-16-10/h3-8H,1-2H3. The van der Waals surface area contributed by atoms with Crippen molar-refractivity contribution in [3.63, 3.8) is 0 Å². The lowest BCUT2D eigenvalue weighted by Gasteiger charge is -2.13. The van der Waals surface area contributed by atoms with E-state index in [4.69, 9.17) is 21.1 Å². The zero-order valence-corrected chi connectivity index (χ0v) is 11.3. The summed E-state index contributed by atoms with van der Waals surface area (Å²) in [5.74, 6) is 0.394. The van der Waals surface area contributed by atoms with Crippen LogP contribution in [0.25, 0.3) is 0 Å². The van der Waals surface area contributed by atoms with E-state index in [1.165, 1.54) is 14.2 Å². The van der Waals surface area contributed by atoms with Crippen LogP contribution in [0.15, 0.2) is 36.5 Å². The van der Waals surface area contributed by atoms with Gasteiger partial charge in [0, 0.05) is 6.20 Å². The van der Waals surface area contributed by atoms with Crippen LogP contribution in [0.5, 0.6) is 11.5 Å². The van der Waals surface area contributed by atoms with Crippen LogP contribution in [0.2, 0.25) is 5.02 Å². The minimum atomic E-state index is -0.295. The quantitative estimate of drug-likeness (QED) is 0.806. The molecule has 0 amide bonds. The van der Waals surface area contributed by atoms with Crippen molar-refractivity contribution >= 4 is 17.4 Å². The van der Waals surface area contributed by atoms with Crippen molar-refractivity contribution in [3.05, 3.63) is 52.8 Å². The number of nitrogens with zero attached hydrogens (tertiary/aromatic N) is 1. The summed E-state index contributed by atoms with van der Waals surface area (Å²) in [5, 5.41) is 0.350. The molecular formula is C14H12ClNO3. The third kappa shape index (κ3) is 2.53. The van der Waals surface area contributed by atoms with Gasteiger partial charge in [-0.2, -0.15) is 0 Å². The van der Waals surface area contributed by atoms with Gasteiger partial charge in [-0.1, -0.05) is 17.7 Å². The molecule has 2 rings (SSSR count). The van der Waals surface area contributed by atoms with Crippen LogP contribution in [0.1, 0.15) is 16.1 Å². The first kappa shape index (κ1) is 13.4. The highest BCUT2D eigenvalue weighted by molar-refractivity contribution is 6.33. The minimum absolute atomic E-state index is 0.274. The van der Waals surface area contributed by atoms with E-state index in [9.17, 15) is 4.79 Å². The van der Waals surface area contributed by atoms with Crippen LogP contribution in [0.3, 0.4) is 0 Å². The maximum absolute atomic E-state index is 12.5. The fraction of sp³-hybridized carbons (Fsp3) is 0.143. The third-order valence-corrected chi connectivity index (χ3v) is 2.92. The van der Waals surface area contributed by atoms with Crippen molar-refractivity contribution in [1.29, 1.82) is 0 Å². The van der Waals surface area contributed by atoms with Crippen molar-refractivity contribution in [2.75, 3.05) is 14.2 Å². The highest BCUT2D eigenvalue weighted by Gasteiger charge is 2.22. The number of rotatable bonds is 4. The van der Waals surface area contributed by atoms with Gasteiger partial charge in [0.25, 0.3) is 0 Å². The second-order valence-corrected chi connectivity index (χ2v) is 4.11. The zero-order chi connectivity index (χ0) is 13.8. The normalized spacial score (nSPS) is 10.1. The molecule has 19 heavy (non-hydrogen) atoms. The van der Waals surface area contributed by atoms with Gasteiger partial charge in [-0.25, -0.2) is 0 Å². The molecule has 0 fully saturated rings. The Morgan fingerprint density at radius 1 is 1.16 bits per heavy atom. The molecular weight excluding hydrogens is 266 g/mol. The molecule has 0 N–H and O–H groups in total. The van der Waals surface area contributed by atoms with Crippen LogP contribution in [0, 0.1) is 0 Å². The highest BCUT2D eigenvalue weighted by Crippen LogP contribution is 2.36. The van der Waals surface area contributed by atoms with Gasteiger partial charge in [0.05, 0.1) is 19.2 Å². The van der Waals surface area contributed by atoms with Crippen molar-refractivity contribution in [3.8, 4) is 11.5 Å². The van der Waals surface area contributed by atoms with Gasteiger partial charge in [0.2, 0.25) is 5.78 Å². The molecule has 1 heterocycles. The third-order valence-electron chi connectivity index (χ3n) is 2.62. The van der Waals surface area contributed by atoms with Crippen molar-refractivity contribution in [2.24, 2.45) is 0 Å². The molecule has 1 aromatic heterocycles. The molecule has 0 bridgehead atoms. The fourth-order valence-electron chi connectivity index (χ4n) is 1.75. The number of aromatic nitrogens is 1. The van der Waals surface area contributed by atoms with E-state index in [-0.39, 0.29) is 17.1 Å². The van der Waals surface area contributed by atoms with Gasteiger partial charge in [0.1, 0.15) is 17.0 Å². The summed E-state index contributed by atoms with van der Waals surface area (Å²) in [6.45, 7) is 0. The molecule has 0 saturated carbocycles. The second kappa shape index (κ2) is 5.71. The summed E-state index contributed by atoms with van der Waals surface area (Å²) < 4.78 is 10.4. The van der Waals surface area contributed by atoms with E-state index < -0.39 is 0 Å². The molecule has 1 aromatic carbocycles. The lowest BCUT2D eigenvalue weighted by Crippen LogP contribution is -2.08. The largest absolute Gasteiger partial charge is 0.496 e. The summed E-state index contributed by atoms with van der Waals surface area (Å²) in [6.07, 6.45) is 1.55. The highest BCUT2D eigenvalue weighted by atomic mass is 35.5. The number of pyridine rings is 1. The number of ketones is 1. The molecule has 2 aromatic rings.